The van der Waals surface area contributed by atoms with E-state index in [2.05, 4.69) is 35.6 Å². The van der Waals surface area contributed by atoms with Crippen LogP contribution >= 0.6 is 11.3 Å². The third-order valence-electron chi connectivity index (χ3n) is 3.10. The van der Waals surface area contributed by atoms with E-state index in [1.807, 2.05) is 25.2 Å². The van der Waals surface area contributed by atoms with Gasteiger partial charge in [0.05, 0.1) is 10.7 Å². The fourth-order valence-electron chi connectivity index (χ4n) is 1.85. The van der Waals surface area contributed by atoms with Gasteiger partial charge in [0.25, 0.3) is 0 Å². The maximum absolute atomic E-state index is 5.91. The molecule has 1 N–H and O–H groups in total. The Morgan fingerprint density at radius 2 is 2.16 bits per heavy atom. The van der Waals surface area contributed by atoms with E-state index in [0.29, 0.717) is 6.61 Å². The van der Waals surface area contributed by atoms with Crippen LogP contribution in [0.4, 0.5) is 0 Å². The lowest BCUT2D eigenvalue weighted by Gasteiger charge is -2.15. The number of benzene rings is 1. The van der Waals surface area contributed by atoms with Crippen LogP contribution in [-0.2, 0) is 13.0 Å². The van der Waals surface area contributed by atoms with E-state index in [1.54, 1.807) is 11.3 Å². The van der Waals surface area contributed by atoms with Crippen LogP contribution in [0.2, 0.25) is 0 Å². The number of aryl methyl sites for hydroxylation is 1. The minimum Gasteiger partial charge on any atom is -0.487 e. The largest absolute Gasteiger partial charge is 0.487 e. The topological polar surface area (TPSA) is 34.1 Å². The van der Waals surface area contributed by atoms with Gasteiger partial charge in [-0.1, -0.05) is 25.1 Å². The fourth-order valence-corrected chi connectivity index (χ4v) is 2.58. The Morgan fingerprint density at radius 3 is 2.84 bits per heavy atom. The van der Waals surface area contributed by atoms with Gasteiger partial charge in [-0.2, -0.15) is 0 Å². The molecule has 0 fully saturated rings. The first kappa shape index (κ1) is 14.0. The molecule has 0 aliphatic heterocycles. The summed E-state index contributed by atoms with van der Waals surface area (Å²) in [5.41, 5.74) is 2.18. The van der Waals surface area contributed by atoms with Crippen LogP contribution in [-0.4, -0.2) is 12.0 Å². The third kappa shape index (κ3) is 3.55. The summed E-state index contributed by atoms with van der Waals surface area (Å²) >= 11 is 1.70. The zero-order valence-corrected chi connectivity index (χ0v) is 12.5. The molecule has 0 saturated heterocycles. The third-order valence-corrected chi connectivity index (χ3v) is 4.14. The van der Waals surface area contributed by atoms with Crippen LogP contribution in [0, 0.1) is 0 Å². The molecule has 1 aromatic heterocycles. The minimum atomic E-state index is 0.276. The predicted octanol–water partition coefficient (Wildman–Crippen LogP) is 3.56. The summed E-state index contributed by atoms with van der Waals surface area (Å²) in [7, 11) is 1.95. The molecule has 4 heteroatoms. The van der Waals surface area contributed by atoms with Gasteiger partial charge in [0.15, 0.2) is 0 Å². The summed E-state index contributed by atoms with van der Waals surface area (Å²) in [6.45, 7) is 4.78. The molecule has 0 aliphatic rings. The van der Waals surface area contributed by atoms with Crippen molar-refractivity contribution in [3.8, 4) is 5.75 Å². The molecule has 1 heterocycles. The van der Waals surface area contributed by atoms with Crippen molar-refractivity contribution in [1.82, 2.24) is 10.3 Å². The molecule has 2 aromatic rings. The van der Waals surface area contributed by atoms with Crippen LogP contribution in [0.1, 0.15) is 36.2 Å². The molecule has 0 saturated carbocycles. The summed E-state index contributed by atoms with van der Waals surface area (Å²) in [4.78, 5) is 4.52. The van der Waals surface area contributed by atoms with Crippen molar-refractivity contribution in [1.29, 1.82) is 0 Å². The molecule has 0 aliphatic carbocycles. The monoisotopic (exact) mass is 276 g/mol. The Morgan fingerprint density at radius 1 is 1.37 bits per heavy atom. The second-order valence-electron chi connectivity index (χ2n) is 4.42. The Balaban J connectivity index is 2.06. The standard InChI is InChI=1S/C15H20N2OS/c1-4-15-17-12(10-19-15)9-18-14-8-6-5-7-13(14)11(2)16-3/h5-8,10-11,16H,4,9H2,1-3H3. The first-order valence-electron chi connectivity index (χ1n) is 6.56. The molecular weight excluding hydrogens is 256 g/mol. The van der Waals surface area contributed by atoms with Gasteiger partial charge in [-0.15, -0.1) is 11.3 Å². The number of hydrogen-bond acceptors (Lipinski definition) is 4. The maximum atomic E-state index is 5.91. The van der Waals surface area contributed by atoms with E-state index >= 15 is 0 Å². The summed E-state index contributed by atoms with van der Waals surface area (Å²) in [6.07, 6.45) is 0.984. The highest BCUT2D eigenvalue weighted by atomic mass is 32.1. The second kappa shape index (κ2) is 6.68. The van der Waals surface area contributed by atoms with Gasteiger partial charge in [0.2, 0.25) is 0 Å². The zero-order valence-electron chi connectivity index (χ0n) is 11.6. The number of rotatable bonds is 6. The SMILES string of the molecule is CCc1nc(COc2ccccc2C(C)NC)cs1. The van der Waals surface area contributed by atoms with E-state index in [4.69, 9.17) is 4.74 Å². The van der Waals surface area contributed by atoms with Crippen molar-refractivity contribution in [3.63, 3.8) is 0 Å². The molecule has 3 nitrogen and oxygen atoms in total. The lowest BCUT2D eigenvalue weighted by atomic mass is 10.1. The van der Waals surface area contributed by atoms with E-state index in [1.165, 1.54) is 5.56 Å². The smallest absolute Gasteiger partial charge is 0.131 e. The first-order chi connectivity index (χ1) is 9.24. The number of ether oxygens (including phenoxy) is 1. The van der Waals surface area contributed by atoms with Crippen molar-refractivity contribution in [2.75, 3.05) is 7.05 Å². The molecule has 0 bridgehead atoms. The lowest BCUT2D eigenvalue weighted by molar-refractivity contribution is 0.296. The number of para-hydroxylation sites is 1. The van der Waals surface area contributed by atoms with E-state index in [9.17, 15) is 0 Å². The molecule has 0 spiro atoms. The lowest BCUT2D eigenvalue weighted by Crippen LogP contribution is -2.13. The number of aromatic nitrogens is 1. The summed E-state index contributed by atoms with van der Waals surface area (Å²) in [5.74, 6) is 0.926. The van der Waals surface area contributed by atoms with Crippen molar-refractivity contribution in [3.05, 3.63) is 45.9 Å². The Hall–Kier alpha value is -1.39. The summed E-state index contributed by atoms with van der Waals surface area (Å²) in [6, 6.07) is 8.41. The van der Waals surface area contributed by atoms with Crippen molar-refractivity contribution in [2.24, 2.45) is 0 Å². The summed E-state index contributed by atoms with van der Waals surface area (Å²) in [5, 5.41) is 6.47. The molecule has 0 amide bonds. The molecule has 19 heavy (non-hydrogen) atoms. The van der Waals surface area contributed by atoms with Crippen molar-refractivity contribution >= 4 is 11.3 Å². The van der Waals surface area contributed by atoms with Gasteiger partial charge in [0, 0.05) is 17.0 Å². The highest BCUT2D eigenvalue weighted by Crippen LogP contribution is 2.25. The molecule has 1 atom stereocenters. The second-order valence-corrected chi connectivity index (χ2v) is 5.37. The van der Waals surface area contributed by atoms with E-state index < -0.39 is 0 Å². The average molecular weight is 276 g/mol. The van der Waals surface area contributed by atoms with Gasteiger partial charge in [0.1, 0.15) is 12.4 Å². The number of thiazole rings is 1. The quantitative estimate of drug-likeness (QED) is 0.876. The van der Waals surface area contributed by atoms with Crippen LogP contribution < -0.4 is 10.1 Å². The van der Waals surface area contributed by atoms with Gasteiger partial charge < -0.3 is 10.1 Å². The Bertz CT molecular complexity index is 524. The van der Waals surface area contributed by atoms with Crippen LogP contribution in [0.3, 0.4) is 0 Å². The van der Waals surface area contributed by atoms with Crippen LogP contribution in [0.15, 0.2) is 29.6 Å². The van der Waals surface area contributed by atoms with Gasteiger partial charge in [-0.25, -0.2) is 4.98 Å². The van der Waals surface area contributed by atoms with Crippen molar-refractivity contribution in [2.45, 2.75) is 32.9 Å². The molecule has 2 rings (SSSR count). The predicted molar refractivity (Wildman–Crippen MR) is 79.7 cm³/mol. The zero-order chi connectivity index (χ0) is 13.7. The van der Waals surface area contributed by atoms with E-state index in [0.717, 1.165) is 22.9 Å². The number of nitrogens with one attached hydrogen (secondary N) is 1. The van der Waals surface area contributed by atoms with Crippen LogP contribution in [0.25, 0.3) is 0 Å². The number of hydrogen-bond donors (Lipinski definition) is 1. The normalized spacial score (nSPS) is 12.4. The van der Waals surface area contributed by atoms with Gasteiger partial charge in [-0.3, -0.25) is 0 Å². The molecule has 1 unspecified atom stereocenters. The highest BCUT2D eigenvalue weighted by Gasteiger charge is 2.10. The van der Waals surface area contributed by atoms with Gasteiger partial charge in [-0.05, 0) is 26.5 Å². The average Bonchev–Trinajstić information content (AvgIpc) is 2.92. The Labute approximate surface area is 118 Å². The number of nitrogens with zero attached hydrogens (tertiary/aromatic N) is 1. The molecule has 0 radical (unpaired) electrons. The molecular formula is C15H20N2OS. The minimum absolute atomic E-state index is 0.276. The first-order valence-corrected chi connectivity index (χ1v) is 7.44. The summed E-state index contributed by atoms with van der Waals surface area (Å²) < 4.78 is 5.91. The fraction of sp³-hybridized carbons (Fsp3) is 0.400. The van der Waals surface area contributed by atoms with Gasteiger partial charge >= 0.3 is 0 Å². The van der Waals surface area contributed by atoms with Crippen LogP contribution in [0.5, 0.6) is 5.75 Å². The molecule has 102 valence electrons. The maximum Gasteiger partial charge on any atom is 0.131 e. The van der Waals surface area contributed by atoms with Crippen molar-refractivity contribution < 1.29 is 4.74 Å². The molecule has 1 aromatic carbocycles. The van der Waals surface area contributed by atoms with E-state index in [-0.39, 0.29) is 6.04 Å². The Kier molecular flexibility index (Phi) is 4.93. The highest BCUT2D eigenvalue weighted by molar-refractivity contribution is 7.09.